The van der Waals surface area contributed by atoms with Gasteiger partial charge in [-0.2, -0.15) is 0 Å². The third kappa shape index (κ3) is 8.97. The maximum absolute atomic E-state index is 13.5. The zero-order valence-electron chi connectivity index (χ0n) is 28.5. The van der Waals surface area contributed by atoms with E-state index in [4.69, 9.17) is 0 Å². The van der Waals surface area contributed by atoms with Gasteiger partial charge >= 0.3 is 0 Å². The molecule has 0 bridgehead atoms. The highest BCUT2D eigenvalue weighted by Gasteiger charge is 2.43. The van der Waals surface area contributed by atoms with Crippen LogP contribution >= 0.6 is 0 Å². The van der Waals surface area contributed by atoms with E-state index in [0.29, 0.717) is 23.7 Å². The average Bonchev–Trinajstić information content (AvgIpc) is 2.82. The van der Waals surface area contributed by atoms with Gasteiger partial charge in [0, 0.05) is 23.9 Å². The Labute approximate surface area is 248 Å². The minimum absolute atomic E-state index is 0.123. The highest BCUT2D eigenvalue weighted by Crippen LogP contribution is 2.49. The van der Waals surface area contributed by atoms with Crippen LogP contribution in [-0.2, 0) is 9.59 Å². The maximum Gasteiger partial charge on any atom is 0.223 e. The SMILES string of the molecule is CC(C)(C)C1CC(C(=O)NC2CCC(NC(=O)C3CC(C(C)(C)C)CC(C(C)(C)C)C3)CC2)CC(C(C)(C)C)C1. The minimum atomic E-state index is 0.123. The van der Waals surface area contributed by atoms with Crippen LogP contribution in [0.25, 0.3) is 0 Å². The van der Waals surface area contributed by atoms with Gasteiger partial charge in [-0.25, -0.2) is 0 Å². The lowest BCUT2D eigenvalue weighted by atomic mass is 9.60. The number of amides is 2. The van der Waals surface area contributed by atoms with Gasteiger partial charge in [-0.3, -0.25) is 9.59 Å². The predicted molar refractivity (Wildman–Crippen MR) is 169 cm³/mol. The molecule has 2 N–H and O–H groups in total. The summed E-state index contributed by atoms with van der Waals surface area (Å²) in [4.78, 5) is 27.0. The van der Waals surface area contributed by atoms with Crippen LogP contribution in [0.3, 0.4) is 0 Å². The van der Waals surface area contributed by atoms with Gasteiger partial charge in [0.2, 0.25) is 11.8 Å². The standard InChI is InChI=1S/C36H66N2O2/c1-33(2,3)25-17-23(18-26(21-25)34(4,5)6)31(39)37-29-13-15-30(16-14-29)38-32(40)24-19-27(35(7,8)9)22-28(20-24)36(10,11)12/h23-30H,13-22H2,1-12H3,(H,37,39)(H,38,40). The number of nitrogens with one attached hydrogen (secondary N) is 2. The van der Waals surface area contributed by atoms with Crippen LogP contribution in [0.5, 0.6) is 0 Å². The Bertz CT molecular complexity index is 741. The van der Waals surface area contributed by atoms with E-state index in [-0.39, 0.29) is 57.4 Å². The van der Waals surface area contributed by atoms with Gasteiger partial charge in [0.25, 0.3) is 0 Å². The summed E-state index contributed by atoms with van der Waals surface area (Å²) >= 11 is 0. The highest BCUT2D eigenvalue weighted by atomic mass is 16.2. The van der Waals surface area contributed by atoms with Crippen LogP contribution in [-0.4, -0.2) is 23.9 Å². The molecular weight excluding hydrogens is 492 g/mol. The quantitative estimate of drug-likeness (QED) is 0.362. The fourth-order valence-electron chi connectivity index (χ4n) is 7.91. The van der Waals surface area contributed by atoms with E-state index >= 15 is 0 Å². The van der Waals surface area contributed by atoms with Gasteiger partial charge in [0.15, 0.2) is 0 Å². The summed E-state index contributed by atoms with van der Waals surface area (Å²) in [5.74, 6) is 3.14. The van der Waals surface area contributed by atoms with Gasteiger partial charge in [-0.15, -0.1) is 0 Å². The van der Waals surface area contributed by atoms with E-state index in [1.54, 1.807) is 0 Å². The second kappa shape index (κ2) is 12.3. The van der Waals surface area contributed by atoms with Gasteiger partial charge in [-0.05, 0) is 110 Å². The van der Waals surface area contributed by atoms with Crippen molar-refractivity contribution in [1.82, 2.24) is 10.6 Å². The van der Waals surface area contributed by atoms with Crippen molar-refractivity contribution in [1.29, 1.82) is 0 Å². The van der Waals surface area contributed by atoms with Crippen LogP contribution in [0.4, 0.5) is 0 Å². The zero-order valence-corrected chi connectivity index (χ0v) is 28.5. The third-order valence-electron chi connectivity index (χ3n) is 11.5. The molecule has 3 aliphatic carbocycles. The van der Waals surface area contributed by atoms with E-state index in [2.05, 4.69) is 93.7 Å². The van der Waals surface area contributed by atoms with E-state index in [9.17, 15) is 9.59 Å². The molecule has 0 heterocycles. The van der Waals surface area contributed by atoms with Gasteiger partial charge in [0.1, 0.15) is 0 Å². The Morgan fingerprint density at radius 1 is 0.425 bits per heavy atom. The molecule has 0 radical (unpaired) electrons. The van der Waals surface area contributed by atoms with Gasteiger partial charge < -0.3 is 10.6 Å². The second-order valence-electron chi connectivity index (χ2n) is 18.6. The summed E-state index contributed by atoms with van der Waals surface area (Å²) in [6.45, 7) is 28.1. The first-order valence-corrected chi connectivity index (χ1v) is 16.7. The maximum atomic E-state index is 13.5. The Kier molecular flexibility index (Phi) is 10.3. The van der Waals surface area contributed by atoms with Crippen molar-refractivity contribution >= 4 is 11.8 Å². The molecule has 3 saturated carbocycles. The van der Waals surface area contributed by atoms with Crippen LogP contribution in [0.1, 0.15) is 147 Å². The van der Waals surface area contributed by atoms with Crippen LogP contribution in [0.2, 0.25) is 0 Å². The summed E-state index contributed by atoms with van der Waals surface area (Å²) in [6, 6.07) is 0.489. The summed E-state index contributed by atoms with van der Waals surface area (Å²) in [6.07, 6.45) is 10.4. The molecule has 4 atom stereocenters. The molecule has 0 aromatic carbocycles. The van der Waals surface area contributed by atoms with E-state index in [0.717, 1.165) is 51.4 Å². The molecule has 3 aliphatic rings. The number of hydrogen-bond acceptors (Lipinski definition) is 2. The van der Waals surface area contributed by atoms with Crippen LogP contribution < -0.4 is 10.6 Å². The Morgan fingerprint density at radius 3 is 0.850 bits per heavy atom. The summed E-state index contributed by atoms with van der Waals surface area (Å²) in [5, 5.41) is 6.93. The Balaban J connectivity index is 1.53. The van der Waals surface area contributed by atoms with E-state index < -0.39 is 0 Å². The summed E-state index contributed by atoms with van der Waals surface area (Å²) in [5.41, 5.74) is 0.932. The molecule has 3 rings (SSSR count). The molecule has 232 valence electrons. The van der Waals surface area contributed by atoms with Crippen molar-refractivity contribution in [3.8, 4) is 0 Å². The van der Waals surface area contributed by atoms with Crippen molar-refractivity contribution < 1.29 is 9.59 Å². The van der Waals surface area contributed by atoms with Crippen LogP contribution in [0, 0.1) is 57.2 Å². The fraction of sp³-hybridized carbons (Fsp3) is 0.944. The molecular formula is C36H66N2O2. The largest absolute Gasteiger partial charge is 0.353 e. The normalized spacial score (nSPS) is 34.7. The molecule has 0 aliphatic heterocycles. The van der Waals surface area contributed by atoms with Crippen LogP contribution in [0.15, 0.2) is 0 Å². The zero-order chi connectivity index (χ0) is 30.3. The van der Waals surface area contributed by atoms with Crippen molar-refractivity contribution in [2.45, 2.75) is 159 Å². The number of hydrogen-bond donors (Lipinski definition) is 2. The molecule has 4 unspecified atom stereocenters. The molecule has 2 amide bonds. The highest BCUT2D eigenvalue weighted by molar-refractivity contribution is 5.79. The molecule has 40 heavy (non-hydrogen) atoms. The van der Waals surface area contributed by atoms with Gasteiger partial charge in [-0.1, -0.05) is 83.1 Å². The molecule has 0 aromatic heterocycles. The molecule has 4 nitrogen and oxygen atoms in total. The number of rotatable bonds is 4. The Morgan fingerprint density at radius 2 is 0.650 bits per heavy atom. The van der Waals surface area contributed by atoms with Gasteiger partial charge in [0.05, 0.1) is 0 Å². The number of carbonyl (C=O) groups is 2. The smallest absolute Gasteiger partial charge is 0.223 e. The summed E-state index contributed by atoms with van der Waals surface area (Å²) < 4.78 is 0. The first-order valence-electron chi connectivity index (χ1n) is 16.7. The molecule has 0 spiro atoms. The molecule has 3 fully saturated rings. The van der Waals surface area contributed by atoms with Crippen molar-refractivity contribution in [2.75, 3.05) is 0 Å². The minimum Gasteiger partial charge on any atom is -0.353 e. The molecule has 0 aromatic rings. The second-order valence-corrected chi connectivity index (χ2v) is 18.6. The van der Waals surface area contributed by atoms with Crippen molar-refractivity contribution in [3.63, 3.8) is 0 Å². The van der Waals surface area contributed by atoms with E-state index in [1.165, 1.54) is 12.8 Å². The lowest BCUT2D eigenvalue weighted by Gasteiger charge is -2.46. The first-order chi connectivity index (χ1) is 18.1. The lowest BCUT2D eigenvalue weighted by Crippen LogP contribution is -2.49. The fourth-order valence-corrected chi connectivity index (χ4v) is 7.91. The average molecular weight is 559 g/mol. The molecule has 4 heteroatoms. The summed E-state index contributed by atoms with van der Waals surface area (Å²) in [7, 11) is 0. The topological polar surface area (TPSA) is 58.2 Å². The Hall–Kier alpha value is -1.06. The predicted octanol–water partition coefficient (Wildman–Crippen LogP) is 8.78. The number of carbonyl (C=O) groups excluding carboxylic acids is 2. The van der Waals surface area contributed by atoms with Crippen molar-refractivity contribution in [3.05, 3.63) is 0 Å². The van der Waals surface area contributed by atoms with Crippen molar-refractivity contribution in [2.24, 2.45) is 57.2 Å². The lowest BCUT2D eigenvalue weighted by molar-refractivity contribution is -0.131. The molecule has 0 saturated heterocycles. The monoisotopic (exact) mass is 559 g/mol. The third-order valence-corrected chi connectivity index (χ3v) is 11.5. The first kappa shape index (κ1) is 33.4. The van der Waals surface area contributed by atoms with E-state index in [1.807, 2.05) is 0 Å².